The Morgan fingerprint density at radius 1 is 0.763 bits per heavy atom. The Bertz CT molecular complexity index is 1660. The minimum Gasteiger partial charge on any atom is -0.340 e. The third-order valence-corrected chi connectivity index (χ3v) is 7.24. The Morgan fingerprint density at radius 3 is 2.05 bits per heavy atom. The molecule has 7 heteroatoms. The number of carbonyl (C=O) groups is 3. The summed E-state index contributed by atoms with van der Waals surface area (Å²) < 4.78 is 1.49. The van der Waals surface area contributed by atoms with Gasteiger partial charge >= 0.3 is 0 Å². The van der Waals surface area contributed by atoms with Gasteiger partial charge in [-0.3, -0.25) is 19.0 Å². The number of amides is 1. The van der Waals surface area contributed by atoms with Crippen LogP contribution in [-0.4, -0.2) is 33.2 Å². The average molecular weight is 520 g/mol. The SMILES string of the molecule is O=C(N[C@@H]1C(=O)n2c(nc3ccccc32)[C@H](C(=O)c2ccccc2)[C@@H]1c1ccc(Cl)cc1)c1ccccc1. The lowest BCUT2D eigenvalue weighted by Crippen LogP contribution is -2.53. The van der Waals surface area contributed by atoms with Crippen LogP contribution in [0.2, 0.25) is 5.02 Å². The molecule has 2 heterocycles. The summed E-state index contributed by atoms with van der Waals surface area (Å²) in [5.74, 6) is -2.14. The summed E-state index contributed by atoms with van der Waals surface area (Å²) in [5, 5.41) is 3.48. The van der Waals surface area contributed by atoms with Crippen molar-refractivity contribution in [3.05, 3.63) is 137 Å². The van der Waals surface area contributed by atoms with Gasteiger partial charge in [0.05, 0.1) is 17.0 Å². The fourth-order valence-corrected chi connectivity index (χ4v) is 5.35. The highest BCUT2D eigenvalue weighted by Crippen LogP contribution is 2.43. The van der Waals surface area contributed by atoms with Crippen LogP contribution in [-0.2, 0) is 0 Å². The first kappa shape index (κ1) is 23.8. The van der Waals surface area contributed by atoms with Gasteiger partial charge in [0, 0.05) is 22.1 Å². The number of Topliss-reactive ketones (excluding diaryl/α,β-unsaturated/α-hetero) is 1. The molecule has 0 radical (unpaired) electrons. The molecular weight excluding hydrogens is 498 g/mol. The third kappa shape index (κ3) is 4.09. The number of halogens is 1. The number of imidazole rings is 1. The number of nitrogens with zero attached hydrogens (tertiary/aromatic N) is 2. The van der Waals surface area contributed by atoms with Gasteiger partial charge in [0.15, 0.2) is 5.78 Å². The maximum Gasteiger partial charge on any atom is 0.255 e. The summed E-state index contributed by atoms with van der Waals surface area (Å²) in [5.41, 5.74) is 2.81. The average Bonchev–Trinajstić information content (AvgIpc) is 3.35. The topological polar surface area (TPSA) is 81.1 Å². The standard InChI is InChI=1S/C31H22ClN3O3/c32-22-17-15-19(16-18-22)25-26(28(36)20-9-3-1-4-10-20)29-33-23-13-7-8-14-24(23)35(29)31(38)27(25)34-30(37)21-11-5-2-6-12-21/h1-18,25-27H,(H,34,37)/t25-,26-,27-/m0/s1. The van der Waals surface area contributed by atoms with Crippen molar-refractivity contribution in [3.8, 4) is 0 Å². The molecule has 0 saturated heterocycles. The van der Waals surface area contributed by atoms with Crippen LogP contribution in [0, 0.1) is 0 Å². The van der Waals surface area contributed by atoms with Gasteiger partial charge in [0.1, 0.15) is 11.9 Å². The number of benzene rings is 4. The van der Waals surface area contributed by atoms with Crippen LogP contribution < -0.4 is 5.32 Å². The van der Waals surface area contributed by atoms with Gasteiger partial charge in [-0.1, -0.05) is 84.4 Å². The van der Waals surface area contributed by atoms with Crippen LogP contribution in [0.3, 0.4) is 0 Å². The number of carbonyl (C=O) groups excluding carboxylic acids is 3. The van der Waals surface area contributed by atoms with Crippen molar-refractivity contribution >= 4 is 40.2 Å². The van der Waals surface area contributed by atoms with E-state index in [9.17, 15) is 14.4 Å². The van der Waals surface area contributed by atoms with E-state index in [1.807, 2.05) is 30.3 Å². The molecule has 1 N–H and O–H groups in total. The predicted molar refractivity (Wildman–Crippen MR) is 146 cm³/mol. The van der Waals surface area contributed by atoms with E-state index in [4.69, 9.17) is 16.6 Å². The number of aromatic nitrogens is 2. The molecule has 0 fully saturated rings. The number of rotatable bonds is 5. The lowest BCUT2D eigenvalue weighted by Gasteiger charge is -2.37. The minimum absolute atomic E-state index is 0.187. The van der Waals surface area contributed by atoms with Gasteiger partial charge in [0.2, 0.25) is 0 Å². The van der Waals surface area contributed by atoms with Crippen molar-refractivity contribution in [2.45, 2.75) is 17.9 Å². The quantitative estimate of drug-likeness (QED) is 0.293. The Hall–Kier alpha value is -4.55. The third-order valence-electron chi connectivity index (χ3n) is 6.99. The van der Waals surface area contributed by atoms with E-state index in [1.54, 1.807) is 78.9 Å². The Balaban J connectivity index is 1.58. The van der Waals surface area contributed by atoms with Crippen molar-refractivity contribution in [2.75, 3.05) is 0 Å². The van der Waals surface area contributed by atoms with E-state index < -0.39 is 23.8 Å². The van der Waals surface area contributed by atoms with Gasteiger partial charge < -0.3 is 5.32 Å². The first-order valence-corrected chi connectivity index (χ1v) is 12.6. The zero-order valence-corrected chi connectivity index (χ0v) is 20.9. The fraction of sp³-hybridized carbons (Fsp3) is 0.0968. The molecule has 186 valence electrons. The number of hydrogen-bond acceptors (Lipinski definition) is 4. The lowest BCUT2D eigenvalue weighted by molar-refractivity contribution is 0.0727. The monoisotopic (exact) mass is 519 g/mol. The highest BCUT2D eigenvalue weighted by molar-refractivity contribution is 6.30. The second-order valence-electron chi connectivity index (χ2n) is 9.23. The van der Waals surface area contributed by atoms with Crippen LogP contribution in [0.15, 0.2) is 109 Å². The summed E-state index contributed by atoms with van der Waals surface area (Å²) >= 11 is 6.19. The molecule has 6 rings (SSSR count). The normalized spacial score (nSPS) is 18.7. The fourth-order valence-electron chi connectivity index (χ4n) is 5.23. The zero-order chi connectivity index (χ0) is 26.2. The number of nitrogens with one attached hydrogen (secondary N) is 1. The van der Waals surface area contributed by atoms with Crippen molar-refractivity contribution in [1.82, 2.24) is 14.9 Å². The highest BCUT2D eigenvalue weighted by atomic mass is 35.5. The number of ketones is 1. The van der Waals surface area contributed by atoms with Crippen LogP contribution in [0.1, 0.15) is 48.7 Å². The van der Waals surface area contributed by atoms with Gasteiger partial charge in [-0.15, -0.1) is 0 Å². The predicted octanol–water partition coefficient (Wildman–Crippen LogP) is 5.89. The molecule has 6 nitrogen and oxygen atoms in total. The Morgan fingerprint density at radius 2 is 1.37 bits per heavy atom. The van der Waals surface area contributed by atoms with E-state index in [0.29, 0.717) is 38.6 Å². The molecule has 0 bridgehead atoms. The molecule has 0 aliphatic carbocycles. The van der Waals surface area contributed by atoms with Crippen molar-refractivity contribution in [2.24, 2.45) is 0 Å². The Labute approximate surface area is 223 Å². The van der Waals surface area contributed by atoms with E-state index in [-0.39, 0.29) is 11.7 Å². The molecule has 3 atom stereocenters. The van der Waals surface area contributed by atoms with E-state index in [2.05, 4.69) is 5.32 Å². The molecular formula is C31H22ClN3O3. The maximum atomic E-state index is 14.2. The van der Waals surface area contributed by atoms with E-state index in [0.717, 1.165) is 0 Å². The number of hydrogen-bond donors (Lipinski definition) is 1. The van der Waals surface area contributed by atoms with Crippen LogP contribution >= 0.6 is 11.6 Å². The van der Waals surface area contributed by atoms with Crippen molar-refractivity contribution < 1.29 is 14.4 Å². The summed E-state index contributed by atoms with van der Waals surface area (Å²) in [6.07, 6.45) is 0. The summed E-state index contributed by atoms with van der Waals surface area (Å²) in [6.45, 7) is 0. The Kier molecular flexibility index (Phi) is 6.10. The summed E-state index contributed by atoms with van der Waals surface area (Å²) in [7, 11) is 0. The molecule has 38 heavy (non-hydrogen) atoms. The van der Waals surface area contributed by atoms with Crippen LogP contribution in [0.25, 0.3) is 11.0 Å². The largest absolute Gasteiger partial charge is 0.340 e. The van der Waals surface area contributed by atoms with Crippen LogP contribution in [0.4, 0.5) is 0 Å². The zero-order valence-electron chi connectivity index (χ0n) is 20.1. The minimum atomic E-state index is -1.04. The molecule has 1 aliphatic rings. The first-order chi connectivity index (χ1) is 18.5. The summed E-state index contributed by atoms with van der Waals surface area (Å²) in [4.78, 5) is 46.5. The van der Waals surface area contributed by atoms with Crippen LogP contribution in [0.5, 0.6) is 0 Å². The first-order valence-electron chi connectivity index (χ1n) is 12.2. The van der Waals surface area contributed by atoms with Gasteiger partial charge in [-0.05, 0) is 42.0 Å². The smallest absolute Gasteiger partial charge is 0.255 e. The number of fused-ring (bicyclic) bond motifs is 3. The molecule has 1 amide bonds. The van der Waals surface area contributed by atoms with Gasteiger partial charge in [-0.2, -0.15) is 0 Å². The van der Waals surface area contributed by atoms with Crippen molar-refractivity contribution in [1.29, 1.82) is 0 Å². The highest BCUT2D eigenvalue weighted by Gasteiger charge is 2.49. The molecule has 0 spiro atoms. The van der Waals surface area contributed by atoms with E-state index >= 15 is 0 Å². The van der Waals surface area contributed by atoms with E-state index in [1.165, 1.54) is 4.57 Å². The van der Waals surface area contributed by atoms with Crippen molar-refractivity contribution in [3.63, 3.8) is 0 Å². The molecule has 0 saturated carbocycles. The maximum absolute atomic E-state index is 14.2. The second-order valence-corrected chi connectivity index (χ2v) is 9.67. The van der Waals surface area contributed by atoms with Gasteiger partial charge in [-0.25, -0.2) is 4.98 Å². The molecule has 4 aromatic carbocycles. The molecule has 1 aromatic heterocycles. The second kappa shape index (κ2) is 9.72. The van der Waals surface area contributed by atoms with Gasteiger partial charge in [0.25, 0.3) is 11.8 Å². The number of para-hydroxylation sites is 2. The lowest BCUT2D eigenvalue weighted by atomic mass is 9.74. The summed E-state index contributed by atoms with van der Waals surface area (Å²) in [6, 6.07) is 30.9. The molecule has 1 aliphatic heterocycles. The molecule has 5 aromatic rings. The molecule has 0 unspecified atom stereocenters.